The van der Waals surface area contributed by atoms with Gasteiger partial charge in [0.1, 0.15) is 5.67 Å². The third-order valence-electron chi connectivity index (χ3n) is 9.57. The van der Waals surface area contributed by atoms with E-state index in [-0.39, 0.29) is 29.8 Å². The van der Waals surface area contributed by atoms with Crippen molar-refractivity contribution >= 4 is 23.2 Å². The number of carbonyl (C=O) groups excluding carboxylic acids is 2. The quantitative estimate of drug-likeness (QED) is 0.641. The van der Waals surface area contributed by atoms with Crippen LogP contribution in [-0.4, -0.2) is 51.8 Å². The summed E-state index contributed by atoms with van der Waals surface area (Å²) in [7, 11) is 0. The van der Waals surface area contributed by atoms with Crippen molar-refractivity contribution in [2.24, 2.45) is 22.7 Å². The lowest BCUT2D eigenvalue weighted by Gasteiger charge is -2.63. The number of hydrogen-bond acceptors (Lipinski definition) is 5. The molecule has 0 amide bonds. The van der Waals surface area contributed by atoms with Crippen molar-refractivity contribution in [2.75, 3.05) is 5.88 Å². The van der Waals surface area contributed by atoms with Gasteiger partial charge >= 0.3 is 0 Å². The second-order valence-corrected chi connectivity index (χ2v) is 11.5. The first-order valence-corrected chi connectivity index (χ1v) is 12.0. The molecule has 0 aromatic heterocycles. The van der Waals surface area contributed by atoms with Crippen LogP contribution in [0.1, 0.15) is 66.2 Å². The van der Waals surface area contributed by atoms with Gasteiger partial charge in [0.2, 0.25) is 0 Å². The second kappa shape index (κ2) is 6.40. The zero-order chi connectivity index (χ0) is 22.6. The van der Waals surface area contributed by atoms with Crippen LogP contribution >= 0.6 is 11.6 Å². The summed E-state index contributed by atoms with van der Waals surface area (Å²) in [6, 6.07) is 0. The summed E-state index contributed by atoms with van der Waals surface area (Å²) in [5, 5.41) is 11.4. The van der Waals surface area contributed by atoms with Gasteiger partial charge in [0.25, 0.3) is 0 Å². The summed E-state index contributed by atoms with van der Waals surface area (Å²) >= 11 is 6.05. The number of alkyl halides is 2. The number of hydrogen-bond donors (Lipinski definition) is 1. The highest BCUT2D eigenvalue weighted by Gasteiger charge is 2.80. The standard InChI is InChI=1S/C24H32ClFO5/c1-20(2)30-19-10-16-15-6-5-13-9-14(27)7-8-21(13,3)23(15,26)17(28)11-22(16,4)24(19,31-20)18(29)12-25/h9,15-17,19,28H,5-8,10-12H2,1-4H3/t15-,16-,17-,19?,21-,22-,23?,24+/m0/s1. The van der Waals surface area contributed by atoms with Gasteiger partial charge in [-0.25, -0.2) is 4.39 Å². The minimum atomic E-state index is -1.86. The molecule has 172 valence electrons. The van der Waals surface area contributed by atoms with Gasteiger partial charge in [0.15, 0.2) is 23.0 Å². The molecular formula is C24H32ClFO5. The Hall–Kier alpha value is -0.820. The summed E-state index contributed by atoms with van der Waals surface area (Å²) in [5.74, 6) is -2.02. The average Bonchev–Trinajstić information content (AvgIpc) is 3.09. The Bertz CT molecular complexity index is 887. The van der Waals surface area contributed by atoms with E-state index in [4.69, 9.17) is 21.1 Å². The molecule has 3 saturated carbocycles. The number of aliphatic hydroxyl groups excluding tert-OH is 1. The summed E-state index contributed by atoms with van der Waals surface area (Å²) in [6.07, 6.45) is 2.28. The lowest BCUT2D eigenvalue weighted by atomic mass is 9.44. The van der Waals surface area contributed by atoms with E-state index in [1.54, 1.807) is 19.9 Å². The fourth-order valence-electron chi connectivity index (χ4n) is 8.27. The Labute approximate surface area is 187 Å². The van der Waals surface area contributed by atoms with Gasteiger partial charge < -0.3 is 14.6 Å². The Balaban J connectivity index is 1.63. The van der Waals surface area contributed by atoms with Crippen LogP contribution in [0.2, 0.25) is 0 Å². The van der Waals surface area contributed by atoms with Gasteiger partial charge in [0.05, 0.1) is 18.1 Å². The summed E-state index contributed by atoms with van der Waals surface area (Å²) in [6.45, 7) is 7.38. The van der Waals surface area contributed by atoms with Gasteiger partial charge in [-0.05, 0) is 57.9 Å². The number of halogens is 2. The molecule has 5 nitrogen and oxygen atoms in total. The van der Waals surface area contributed by atoms with Gasteiger partial charge in [-0.1, -0.05) is 19.4 Å². The Morgan fingerprint density at radius 3 is 2.65 bits per heavy atom. The van der Waals surface area contributed by atoms with Crippen molar-refractivity contribution in [3.63, 3.8) is 0 Å². The predicted molar refractivity (Wildman–Crippen MR) is 112 cm³/mol. The number of rotatable bonds is 2. The first-order valence-electron chi connectivity index (χ1n) is 11.4. The first-order chi connectivity index (χ1) is 14.4. The highest BCUT2D eigenvalue weighted by molar-refractivity contribution is 6.29. The normalized spacial score (nSPS) is 52.6. The van der Waals surface area contributed by atoms with Crippen LogP contribution in [-0.2, 0) is 19.1 Å². The summed E-state index contributed by atoms with van der Waals surface area (Å²) in [5.41, 5.74) is -4.00. The Morgan fingerprint density at radius 1 is 1.26 bits per heavy atom. The fraction of sp³-hybridized carbons (Fsp3) is 0.833. The molecule has 1 saturated heterocycles. The smallest absolute Gasteiger partial charge is 0.182 e. The van der Waals surface area contributed by atoms with E-state index in [9.17, 15) is 14.7 Å². The minimum Gasteiger partial charge on any atom is -0.390 e. The maximum absolute atomic E-state index is 17.2. The number of allylic oxidation sites excluding steroid dienone is 1. The van der Waals surface area contributed by atoms with Gasteiger partial charge in [0, 0.05) is 23.2 Å². The number of fused-ring (bicyclic) bond motifs is 7. The van der Waals surface area contributed by atoms with Crippen molar-refractivity contribution in [2.45, 2.75) is 95.5 Å². The Morgan fingerprint density at radius 2 is 1.97 bits per heavy atom. The molecule has 1 aliphatic heterocycles. The number of carbonyl (C=O) groups is 2. The lowest BCUT2D eigenvalue weighted by Crippen LogP contribution is -2.70. The number of ketones is 2. The maximum Gasteiger partial charge on any atom is 0.182 e. The van der Waals surface area contributed by atoms with Crippen LogP contribution in [0.4, 0.5) is 4.39 Å². The van der Waals surface area contributed by atoms with E-state index in [1.165, 1.54) is 0 Å². The van der Waals surface area contributed by atoms with E-state index < -0.39 is 46.0 Å². The van der Waals surface area contributed by atoms with Crippen LogP contribution in [0.25, 0.3) is 0 Å². The molecule has 1 heterocycles. The number of aliphatic hydroxyl groups is 1. The van der Waals surface area contributed by atoms with Crippen LogP contribution in [0.5, 0.6) is 0 Å². The molecule has 0 radical (unpaired) electrons. The van der Waals surface area contributed by atoms with Crippen molar-refractivity contribution in [1.29, 1.82) is 0 Å². The van der Waals surface area contributed by atoms with E-state index in [0.717, 1.165) is 5.57 Å². The molecule has 31 heavy (non-hydrogen) atoms. The van der Waals surface area contributed by atoms with Crippen LogP contribution in [0, 0.1) is 22.7 Å². The van der Waals surface area contributed by atoms with E-state index in [0.29, 0.717) is 32.1 Å². The topological polar surface area (TPSA) is 72.8 Å². The van der Waals surface area contributed by atoms with Gasteiger partial charge in [-0.3, -0.25) is 9.59 Å². The molecular weight excluding hydrogens is 423 g/mol. The van der Waals surface area contributed by atoms with Crippen molar-refractivity contribution in [3.8, 4) is 0 Å². The molecule has 5 rings (SSSR count). The van der Waals surface area contributed by atoms with E-state index in [2.05, 4.69) is 0 Å². The number of ether oxygens (including phenoxy) is 2. The van der Waals surface area contributed by atoms with Crippen LogP contribution in [0.15, 0.2) is 11.6 Å². The average molecular weight is 455 g/mol. The molecule has 7 heteroatoms. The number of Topliss-reactive ketones (excluding diaryl/α,β-unsaturated/α-hetero) is 1. The van der Waals surface area contributed by atoms with Gasteiger partial charge in [-0.15, -0.1) is 11.6 Å². The third kappa shape index (κ3) is 2.43. The summed E-state index contributed by atoms with van der Waals surface area (Å²) in [4.78, 5) is 25.3. The minimum absolute atomic E-state index is 0.0377. The first kappa shape index (κ1) is 22.0. The van der Waals surface area contributed by atoms with E-state index in [1.807, 2.05) is 13.8 Å². The molecule has 8 atom stereocenters. The summed E-state index contributed by atoms with van der Waals surface area (Å²) < 4.78 is 29.7. The monoisotopic (exact) mass is 454 g/mol. The predicted octanol–water partition coefficient (Wildman–Crippen LogP) is 3.89. The lowest BCUT2D eigenvalue weighted by molar-refractivity contribution is -0.250. The molecule has 5 aliphatic rings. The van der Waals surface area contributed by atoms with Crippen molar-refractivity contribution in [3.05, 3.63) is 11.6 Å². The molecule has 2 unspecified atom stereocenters. The fourth-order valence-corrected chi connectivity index (χ4v) is 8.47. The zero-order valence-electron chi connectivity index (χ0n) is 18.7. The highest BCUT2D eigenvalue weighted by Crippen LogP contribution is 2.72. The van der Waals surface area contributed by atoms with E-state index >= 15 is 4.39 Å². The largest absolute Gasteiger partial charge is 0.390 e. The maximum atomic E-state index is 17.2. The van der Waals surface area contributed by atoms with Crippen molar-refractivity contribution < 1.29 is 28.6 Å². The molecule has 4 aliphatic carbocycles. The molecule has 4 fully saturated rings. The molecule has 0 aromatic rings. The van der Waals surface area contributed by atoms with Crippen LogP contribution < -0.4 is 0 Å². The molecule has 0 bridgehead atoms. The molecule has 0 aromatic carbocycles. The van der Waals surface area contributed by atoms with Crippen molar-refractivity contribution in [1.82, 2.24) is 0 Å². The zero-order valence-corrected chi connectivity index (χ0v) is 19.4. The van der Waals surface area contributed by atoms with Gasteiger partial charge in [-0.2, -0.15) is 0 Å². The highest BCUT2D eigenvalue weighted by atomic mass is 35.5. The SMILES string of the molecule is CC1(C)OC2C[C@H]3[C@@H]4CCC5=CC(=O)CC[C@]5(C)C4(F)[C@@H](O)C[C@]3(C)[C@]2(C(=O)CCl)O1. The Kier molecular flexibility index (Phi) is 4.54. The molecule has 1 N–H and O–H groups in total. The van der Waals surface area contributed by atoms with Crippen LogP contribution in [0.3, 0.4) is 0 Å². The molecule has 0 spiro atoms. The second-order valence-electron chi connectivity index (χ2n) is 11.3. The third-order valence-corrected chi connectivity index (χ3v) is 9.81.